The van der Waals surface area contributed by atoms with Gasteiger partial charge in [0.05, 0.1) is 0 Å². The van der Waals surface area contributed by atoms with Gasteiger partial charge in [-0.05, 0) is 31.9 Å². The van der Waals surface area contributed by atoms with E-state index >= 15 is 0 Å². The van der Waals surface area contributed by atoms with E-state index in [1.54, 1.807) is 0 Å². The largest absolute Gasteiger partial charge is 0.308 e. The van der Waals surface area contributed by atoms with Crippen LogP contribution in [0, 0.1) is 0 Å². The number of nitrogens with zero attached hydrogens (tertiary/aromatic N) is 1. The molecule has 3 heteroatoms. The average Bonchev–Trinajstić information content (AvgIpc) is 2.88. The number of nitrogens with one attached hydrogen (secondary N) is 1. The minimum atomic E-state index is 0.381. The summed E-state index contributed by atoms with van der Waals surface area (Å²) in [5, 5.41) is 3.92. The van der Waals surface area contributed by atoms with E-state index in [0.717, 1.165) is 0 Å². The number of thioether (sulfide) groups is 1. The summed E-state index contributed by atoms with van der Waals surface area (Å²) in [5.74, 6) is 1.28. The van der Waals surface area contributed by atoms with Gasteiger partial charge in [-0.3, -0.25) is 4.90 Å². The molecule has 1 aliphatic carbocycles. The maximum absolute atomic E-state index is 3.92. The van der Waals surface area contributed by atoms with Crippen molar-refractivity contribution in [1.82, 2.24) is 10.2 Å². The molecule has 0 amide bonds. The van der Waals surface area contributed by atoms with E-state index < -0.39 is 0 Å². The van der Waals surface area contributed by atoms with Crippen molar-refractivity contribution in [2.45, 2.75) is 63.5 Å². The summed E-state index contributed by atoms with van der Waals surface area (Å²) in [6, 6.07) is 0. The molecule has 1 spiro atoms. The molecular weight excluding hydrogens is 240 g/mol. The SMILES string of the molecule is CCC1(CC)CN(CCSC)C2(CCCC2)CN1. The first-order valence-electron chi connectivity index (χ1n) is 7.69. The summed E-state index contributed by atoms with van der Waals surface area (Å²) in [5.41, 5.74) is 0.885. The highest BCUT2D eigenvalue weighted by Gasteiger charge is 2.46. The molecule has 0 radical (unpaired) electrons. The van der Waals surface area contributed by atoms with Crippen molar-refractivity contribution in [2.75, 3.05) is 31.6 Å². The highest BCUT2D eigenvalue weighted by molar-refractivity contribution is 7.98. The van der Waals surface area contributed by atoms with E-state index in [0.29, 0.717) is 11.1 Å². The molecule has 2 fully saturated rings. The van der Waals surface area contributed by atoms with Gasteiger partial charge in [-0.2, -0.15) is 11.8 Å². The fourth-order valence-electron chi connectivity index (χ4n) is 3.82. The Balaban J connectivity index is 2.09. The molecule has 0 aromatic heterocycles. The molecule has 0 unspecified atom stereocenters. The van der Waals surface area contributed by atoms with Gasteiger partial charge in [-0.15, -0.1) is 0 Å². The molecule has 1 saturated carbocycles. The van der Waals surface area contributed by atoms with Gasteiger partial charge < -0.3 is 5.32 Å². The van der Waals surface area contributed by atoms with Gasteiger partial charge in [-0.1, -0.05) is 26.7 Å². The van der Waals surface area contributed by atoms with Crippen LogP contribution in [-0.2, 0) is 0 Å². The topological polar surface area (TPSA) is 15.3 Å². The lowest BCUT2D eigenvalue weighted by Gasteiger charge is -2.53. The normalized spacial score (nSPS) is 26.8. The lowest BCUT2D eigenvalue weighted by molar-refractivity contribution is 0.00926. The van der Waals surface area contributed by atoms with Crippen molar-refractivity contribution in [3.63, 3.8) is 0 Å². The summed E-state index contributed by atoms with van der Waals surface area (Å²) in [6.07, 6.45) is 10.4. The molecule has 0 aromatic carbocycles. The fraction of sp³-hybridized carbons (Fsp3) is 1.00. The molecule has 2 nitrogen and oxygen atoms in total. The third kappa shape index (κ3) is 2.73. The van der Waals surface area contributed by atoms with Crippen molar-refractivity contribution < 1.29 is 0 Å². The van der Waals surface area contributed by atoms with Gasteiger partial charge in [0, 0.05) is 36.5 Å². The molecule has 106 valence electrons. The zero-order chi connectivity index (χ0) is 13.1. The van der Waals surface area contributed by atoms with Crippen LogP contribution in [0.25, 0.3) is 0 Å². The number of hydrogen-bond donors (Lipinski definition) is 1. The zero-order valence-corrected chi connectivity index (χ0v) is 13.2. The van der Waals surface area contributed by atoms with Gasteiger partial charge in [-0.25, -0.2) is 0 Å². The molecule has 0 atom stereocenters. The first-order valence-corrected chi connectivity index (χ1v) is 9.09. The van der Waals surface area contributed by atoms with E-state index in [1.165, 1.54) is 63.9 Å². The minimum absolute atomic E-state index is 0.381. The van der Waals surface area contributed by atoms with Gasteiger partial charge in [0.1, 0.15) is 0 Å². The van der Waals surface area contributed by atoms with Crippen LogP contribution in [0.4, 0.5) is 0 Å². The van der Waals surface area contributed by atoms with E-state index in [2.05, 4.69) is 30.3 Å². The lowest BCUT2D eigenvalue weighted by atomic mass is 9.82. The van der Waals surface area contributed by atoms with Gasteiger partial charge in [0.15, 0.2) is 0 Å². The quantitative estimate of drug-likeness (QED) is 0.826. The van der Waals surface area contributed by atoms with Crippen molar-refractivity contribution in [3.05, 3.63) is 0 Å². The molecule has 2 rings (SSSR count). The van der Waals surface area contributed by atoms with Crippen LogP contribution in [0.15, 0.2) is 0 Å². The summed E-state index contributed by atoms with van der Waals surface area (Å²) < 4.78 is 0. The first-order chi connectivity index (χ1) is 8.70. The van der Waals surface area contributed by atoms with Crippen LogP contribution in [0.1, 0.15) is 52.4 Å². The van der Waals surface area contributed by atoms with Gasteiger partial charge in [0.25, 0.3) is 0 Å². The Morgan fingerprint density at radius 1 is 1.17 bits per heavy atom. The predicted octanol–water partition coefficient (Wildman–Crippen LogP) is 3.13. The summed E-state index contributed by atoms with van der Waals surface area (Å²) in [6.45, 7) is 8.46. The van der Waals surface area contributed by atoms with Crippen molar-refractivity contribution >= 4 is 11.8 Å². The van der Waals surface area contributed by atoms with E-state index in [4.69, 9.17) is 0 Å². The lowest BCUT2D eigenvalue weighted by Crippen LogP contribution is -2.69. The molecule has 1 heterocycles. The third-order valence-corrected chi connectivity index (χ3v) is 6.00. The van der Waals surface area contributed by atoms with E-state index in [-0.39, 0.29) is 0 Å². The Labute approximate surface area is 117 Å². The molecule has 18 heavy (non-hydrogen) atoms. The van der Waals surface area contributed by atoms with Crippen molar-refractivity contribution in [1.29, 1.82) is 0 Å². The summed E-state index contributed by atoms with van der Waals surface area (Å²) in [7, 11) is 0. The second kappa shape index (κ2) is 6.15. The maximum Gasteiger partial charge on any atom is 0.0335 e. The molecule has 0 aromatic rings. The van der Waals surface area contributed by atoms with E-state index in [1.807, 2.05) is 11.8 Å². The second-order valence-electron chi connectivity index (χ2n) is 6.19. The van der Waals surface area contributed by atoms with Crippen LogP contribution >= 0.6 is 11.8 Å². The summed E-state index contributed by atoms with van der Waals surface area (Å²) >= 11 is 1.99. The van der Waals surface area contributed by atoms with Crippen molar-refractivity contribution in [2.24, 2.45) is 0 Å². The second-order valence-corrected chi connectivity index (χ2v) is 7.17. The van der Waals surface area contributed by atoms with Crippen LogP contribution in [0.2, 0.25) is 0 Å². The van der Waals surface area contributed by atoms with Crippen LogP contribution in [0.5, 0.6) is 0 Å². The Morgan fingerprint density at radius 3 is 2.39 bits per heavy atom. The Kier molecular flexibility index (Phi) is 5.01. The van der Waals surface area contributed by atoms with Crippen molar-refractivity contribution in [3.8, 4) is 0 Å². The molecule has 0 bridgehead atoms. The minimum Gasteiger partial charge on any atom is -0.308 e. The van der Waals surface area contributed by atoms with Gasteiger partial charge in [0.2, 0.25) is 0 Å². The average molecular weight is 270 g/mol. The Bertz CT molecular complexity index is 257. The molecule has 1 saturated heterocycles. The van der Waals surface area contributed by atoms with Gasteiger partial charge >= 0.3 is 0 Å². The summed E-state index contributed by atoms with van der Waals surface area (Å²) in [4.78, 5) is 2.85. The third-order valence-electron chi connectivity index (χ3n) is 5.41. The molecular formula is C15H30N2S. The molecule has 1 N–H and O–H groups in total. The highest BCUT2D eigenvalue weighted by Crippen LogP contribution is 2.39. The standard InChI is InChI=1S/C15H30N2S/c1-4-14(5-2)13-17(10-11-18-3)15(12-16-14)8-6-7-9-15/h16H,4-13H2,1-3H3. The molecule has 2 aliphatic rings. The monoisotopic (exact) mass is 270 g/mol. The first kappa shape index (κ1) is 14.7. The maximum atomic E-state index is 3.92. The Hall–Kier alpha value is 0.270. The number of rotatable bonds is 5. The van der Waals surface area contributed by atoms with Crippen LogP contribution in [0.3, 0.4) is 0 Å². The van der Waals surface area contributed by atoms with Crippen LogP contribution in [-0.4, -0.2) is 47.6 Å². The van der Waals surface area contributed by atoms with E-state index in [9.17, 15) is 0 Å². The highest BCUT2D eigenvalue weighted by atomic mass is 32.2. The zero-order valence-electron chi connectivity index (χ0n) is 12.4. The fourth-order valence-corrected chi connectivity index (χ4v) is 4.22. The predicted molar refractivity (Wildman–Crippen MR) is 82.5 cm³/mol. The molecule has 1 aliphatic heterocycles. The number of piperazine rings is 1. The number of hydrogen-bond acceptors (Lipinski definition) is 3. The van der Waals surface area contributed by atoms with Crippen LogP contribution < -0.4 is 5.32 Å². The smallest absolute Gasteiger partial charge is 0.0335 e. The Morgan fingerprint density at radius 2 is 1.83 bits per heavy atom.